The molecule has 0 bridgehead atoms. The summed E-state index contributed by atoms with van der Waals surface area (Å²) in [5.41, 5.74) is 7.14. The summed E-state index contributed by atoms with van der Waals surface area (Å²) >= 11 is 6.11. The zero-order chi connectivity index (χ0) is 13.1. The molecule has 6 heteroatoms. The Labute approximate surface area is 110 Å². The van der Waals surface area contributed by atoms with Crippen LogP contribution in [-0.2, 0) is 0 Å². The van der Waals surface area contributed by atoms with E-state index < -0.39 is 0 Å². The number of nitrogens with one attached hydrogen (secondary N) is 1. The first kappa shape index (κ1) is 12.6. The molecule has 2 rings (SSSR count). The molecule has 18 heavy (non-hydrogen) atoms. The normalized spacial score (nSPS) is 10.4. The highest BCUT2D eigenvalue weighted by Gasteiger charge is 2.13. The van der Waals surface area contributed by atoms with Gasteiger partial charge in [0.05, 0.1) is 24.4 Å². The highest BCUT2D eigenvalue weighted by atomic mass is 35.5. The quantitative estimate of drug-likeness (QED) is 0.893. The molecular formula is C12H14ClN3O2. The van der Waals surface area contributed by atoms with E-state index in [9.17, 15) is 0 Å². The summed E-state index contributed by atoms with van der Waals surface area (Å²) in [5, 5.41) is 7.22. The molecule has 1 heterocycles. The lowest BCUT2D eigenvalue weighted by molar-refractivity contribution is 0.337. The van der Waals surface area contributed by atoms with E-state index in [1.807, 2.05) is 6.92 Å². The SMILES string of the molecule is CCOc1cc(OC)c(Cl)cc1-c1cc(N)n[nH]1. The lowest BCUT2D eigenvalue weighted by atomic mass is 10.1. The second kappa shape index (κ2) is 5.18. The molecule has 0 spiro atoms. The summed E-state index contributed by atoms with van der Waals surface area (Å²) in [4.78, 5) is 0. The van der Waals surface area contributed by atoms with E-state index >= 15 is 0 Å². The van der Waals surface area contributed by atoms with Crippen molar-refractivity contribution in [2.45, 2.75) is 6.92 Å². The number of rotatable bonds is 4. The number of nitrogens with zero attached hydrogens (tertiary/aromatic N) is 1. The molecule has 1 aromatic carbocycles. The monoisotopic (exact) mass is 267 g/mol. The molecule has 1 aromatic heterocycles. The molecule has 5 nitrogen and oxygen atoms in total. The van der Waals surface area contributed by atoms with Gasteiger partial charge in [0.25, 0.3) is 0 Å². The van der Waals surface area contributed by atoms with Crippen LogP contribution >= 0.6 is 11.6 Å². The molecule has 3 N–H and O–H groups in total. The van der Waals surface area contributed by atoms with Crippen molar-refractivity contribution in [1.29, 1.82) is 0 Å². The third kappa shape index (κ3) is 2.36. The van der Waals surface area contributed by atoms with E-state index in [4.69, 9.17) is 26.8 Å². The molecule has 96 valence electrons. The van der Waals surface area contributed by atoms with Crippen LogP contribution in [0.3, 0.4) is 0 Å². The van der Waals surface area contributed by atoms with Gasteiger partial charge in [0, 0.05) is 17.7 Å². The molecule has 0 saturated heterocycles. The number of aromatic nitrogens is 2. The molecule has 0 unspecified atom stereocenters. The minimum Gasteiger partial charge on any atom is -0.495 e. The third-order valence-corrected chi connectivity index (χ3v) is 2.74. The van der Waals surface area contributed by atoms with Crippen LogP contribution in [0.1, 0.15) is 6.92 Å². The lowest BCUT2D eigenvalue weighted by Crippen LogP contribution is -1.96. The van der Waals surface area contributed by atoms with Crippen molar-refractivity contribution in [3.63, 3.8) is 0 Å². The van der Waals surface area contributed by atoms with E-state index in [0.717, 1.165) is 11.3 Å². The second-order valence-electron chi connectivity index (χ2n) is 3.62. The Morgan fingerprint density at radius 2 is 2.11 bits per heavy atom. The Morgan fingerprint density at radius 3 is 2.67 bits per heavy atom. The highest BCUT2D eigenvalue weighted by molar-refractivity contribution is 6.32. The number of halogens is 1. The number of hydrogen-bond donors (Lipinski definition) is 2. The van der Waals surface area contributed by atoms with Gasteiger partial charge in [-0.2, -0.15) is 5.10 Å². The van der Waals surface area contributed by atoms with Crippen LogP contribution in [-0.4, -0.2) is 23.9 Å². The smallest absolute Gasteiger partial charge is 0.145 e. The third-order valence-electron chi connectivity index (χ3n) is 2.44. The summed E-state index contributed by atoms with van der Waals surface area (Å²) in [7, 11) is 1.56. The van der Waals surface area contributed by atoms with Crippen LogP contribution in [0, 0.1) is 0 Å². The molecule has 0 fully saturated rings. The van der Waals surface area contributed by atoms with Gasteiger partial charge >= 0.3 is 0 Å². The maximum Gasteiger partial charge on any atom is 0.145 e. The number of ether oxygens (including phenoxy) is 2. The first-order valence-corrected chi connectivity index (χ1v) is 5.85. The van der Waals surface area contributed by atoms with E-state index in [0.29, 0.717) is 28.9 Å². The van der Waals surface area contributed by atoms with Crippen LogP contribution in [0.5, 0.6) is 11.5 Å². The minimum absolute atomic E-state index is 0.416. The summed E-state index contributed by atoms with van der Waals surface area (Å²) in [6.07, 6.45) is 0. The van der Waals surface area contributed by atoms with Crippen molar-refractivity contribution in [3.8, 4) is 22.8 Å². The fraction of sp³-hybridized carbons (Fsp3) is 0.250. The number of nitrogen functional groups attached to an aromatic ring is 1. The Balaban J connectivity index is 2.54. The number of hydrogen-bond acceptors (Lipinski definition) is 4. The molecule has 0 amide bonds. The van der Waals surface area contributed by atoms with Crippen molar-refractivity contribution < 1.29 is 9.47 Å². The van der Waals surface area contributed by atoms with Crippen LogP contribution in [0.2, 0.25) is 5.02 Å². The summed E-state index contributed by atoms with van der Waals surface area (Å²) in [5.74, 6) is 1.65. The molecule has 0 atom stereocenters. The van der Waals surface area contributed by atoms with Crippen molar-refractivity contribution >= 4 is 17.4 Å². The summed E-state index contributed by atoms with van der Waals surface area (Å²) < 4.78 is 10.7. The van der Waals surface area contributed by atoms with E-state index in [1.54, 1.807) is 25.3 Å². The number of anilines is 1. The second-order valence-corrected chi connectivity index (χ2v) is 4.03. The van der Waals surface area contributed by atoms with Gasteiger partial charge in [0.1, 0.15) is 17.3 Å². The maximum atomic E-state index is 6.11. The number of aromatic amines is 1. The number of methoxy groups -OCH3 is 1. The topological polar surface area (TPSA) is 73.2 Å². The van der Waals surface area contributed by atoms with Gasteiger partial charge in [0.2, 0.25) is 0 Å². The molecule has 0 aliphatic rings. The molecule has 0 radical (unpaired) electrons. The Morgan fingerprint density at radius 1 is 1.33 bits per heavy atom. The summed E-state index contributed by atoms with van der Waals surface area (Å²) in [6.45, 7) is 2.45. The van der Waals surface area contributed by atoms with Gasteiger partial charge in [-0.3, -0.25) is 5.10 Å². The molecular weight excluding hydrogens is 254 g/mol. The molecule has 2 aromatic rings. The maximum absolute atomic E-state index is 6.11. The van der Waals surface area contributed by atoms with Crippen molar-refractivity contribution in [2.24, 2.45) is 0 Å². The number of benzene rings is 1. The highest BCUT2D eigenvalue weighted by Crippen LogP contribution is 2.38. The van der Waals surface area contributed by atoms with E-state index in [1.165, 1.54) is 0 Å². The molecule has 0 aliphatic carbocycles. The van der Waals surface area contributed by atoms with Crippen molar-refractivity contribution in [2.75, 3.05) is 19.5 Å². The van der Waals surface area contributed by atoms with Crippen LogP contribution in [0.15, 0.2) is 18.2 Å². The van der Waals surface area contributed by atoms with Crippen LogP contribution in [0.4, 0.5) is 5.82 Å². The zero-order valence-corrected chi connectivity index (χ0v) is 10.9. The van der Waals surface area contributed by atoms with E-state index in [2.05, 4.69) is 10.2 Å². The predicted molar refractivity (Wildman–Crippen MR) is 71.2 cm³/mol. The first-order chi connectivity index (χ1) is 8.65. The first-order valence-electron chi connectivity index (χ1n) is 5.47. The van der Waals surface area contributed by atoms with Gasteiger partial charge in [-0.05, 0) is 13.0 Å². The Kier molecular flexibility index (Phi) is 3.62. The average molecular weight is 268 g/mol. The Hall–Kier alpha value is -1.88. The average Bonchev–Trinajstić information content (AvgIpc) is 2.78. The lowest BCUT2D eigenvalue weighted by Gasteiger charge is -2.12. The zero-order valence-electron chi connectivity index (χ0n) is 10.2. The Bertz CT molecular complexity index is 554. The van der Waals surface area contributed by atoms with Gasteiger partial charge in [-0.15, -0.1) is 0 Å². The number of H-pyrrole nitrogens is 1. The minimum atomic E-state index is 0.416. The number of nitrogens with two attached hydrogens (primary N) is 1. The van der Waals surface area contributed by atoms with Gasteiger partial charge in [-0.1, -0.05) is 11.6 Å². The standard InChI is InChI=1S/C12H14ClN3O2/c1-3-18-10-6-11(17-2)8(13)4-7(10)9-5-12(14)16-15-9/h4-6H,3H2,1-2H3,(H3,14,15,16). The molecule has 0 saturated carbocycles. The van der Waals surface area contributed by atoms with Crippen molar-refractivity contribution in [1.82, 2.24) is 10.2 Å². The van der Waals surface area contributed by atoms with Crippen LogP contribution in [0.25, 0.3) is 11.3 Å². The predicted octanol–water partition coefficient (Wildman–Crippen LogP) is 2.72. The van der Waals surface area contributed by atoms with Gasteiger partial charge in [-0.25, -0.2) is 0 Å². The summed E-state index contributed by atoms with van der Waals surface area (Å²) in [6, 6.07) is 5.23. The van der Waals surface area contributed by atoms with Crippen molar-refractivity contribution in [3.05, 3.63) is 23.2 Å². The van der Waals surface area contributed by atoms with Gasteiger partial charge < -0.3 is 15.2 Å². The fourth-order valence-corrected chi connectivity index (χ4v) is 1.89. The molecule has 0 aliphatic heterocycles. The fourth-order valence-electron chi connectivity index (χ4n) is 1.65. The van der Waals surface area contributed by atoms with Gasteiger partial charge in [0.15, 0.2) is 0 Å². The van der Waals surface area contributed by atoms with E-state index in [-0.39, 0.29) is 0 Å². The largest absolute Gasteiger partial charge is 0.495 e. The van der Waals surface area contributed by atoms with Crippen LogP contribution < -0.4 is 15.2 Å².